The summed E-state index contributed by atoms with van der Waals surface area (Å²) in [6.07, 6.45) is 0.417. The van der Waals surface area contributed by atoms with E-state index in [2.05, 4.69) is 0 Å². The minimum Gasteiger partial charge on any atom is -0.512 e. The van der Waals surface area contributed by atoms with Crippen molar-refractivity contribution in [2.45, 2.75) is 32.5 Å². The minimum atomic E-state index is -1.42. The molecule has 0 aromatic rings. The predicted molar refractivity (Wildman–Crippen MR) is 46.1 cm³/mol. The zero-order valence-electron chi connectivity index (χ0n) is 7.62. The first-order chi connectivity index (χ1) is 6.16. The van der Waals surface area contributed by atoms with Crippen LogP contribution < -0.4 is 0 Å². The van der Waals surface area contributed by atoms with Gasteiger partial charge in [-0.25, -0.2) is 0 Å². The standard InChI is InChI=1S/C9H14O4/c1-2-13-9(12)8(11)6-4-3-5-7(6)10/h9-10,12H,2-5H2,1H3. The van der Waals surface area contributed by atoms with Crippen molar-refractivity contribution >= 4 is 5.78 Å². The number of carbonyl (C=O) groups excluding carboxylic acids is 1. The smallest absolute Gasteiger partial charge is 0.219 e. The van der Waals surface area contributed by atoms with Gasteiger partial charge in [-0.15, -0.1) is 0 Å². The summed E-state index contributed by atoms with van der Waals surface area (Å²) in [5, 5.41) is 18.4. The summed E-state index contributed by atoms with van der Waals surface area (Å²) < 4.78 is 4.73. The molecule has 2 N–H and O–H groups in total. The molecule has 0 aromatic heterocycles. The average molecular weight is 186 g/mol. The highest BCUT2D eigenvalue weighted by Crippen LogP contribution is 2.25. The number of aliphatic hydroxyl groups is 2. The van der Waals surface area contributed by atoms with Crippen LogP contribution in [0.3, 0.4) is 0 Å². The van der Waals surface area contributed by atoms with Gasteiger partial charge in [0, 0.05) is 18.6 Å². The molecule has 1 aliphatic carbocycles. The van der Waals surface area contributed by atoms with Crippen LogP contribution in [0, 0.1) is 0 Å². The first-order valence-electron chi connectivity index (χ1n) is 4.41. The van der Waals surface area contributed by atoms with Gasteiger partial charge in [0.25, 0.3) is 0 Å². The molecule has 0 heterocycles. The largest absolute Gasteiger partial charge is 0.512 e. The molecule has 0 radical (unpaired) electrons. The van der Waals surface area contributed by atoms with Gasteiger partial charge in [-0.3, -0.25) is 4.79 Å². The van der Waals surface area contributed by atoms with E-state index in [9.17, 15) is 15.0 Å². The minimum absolute atomic E-state index is 0.101. The third-order valence-electron chi connectivity index (χ3n) is 2.03. The number of aliphatic hydroxyl groups excluding tert-OH is 2. The highest BCUT2D eigenvalue weighted by atomic mass is 16.6. The van der Waals surface area contributed by atoms with Crippen LogP contribution in [0.4, 0.5) is 0 Å². The van der Waals surface area contributed by atoms with E-state index in [4.69, 9.17) is 4.74 Å². The molecule has 0 saturated carbocycles. The Morgan fingerprint density at radius 3 is 2.77 bits per heavy atom. The second-order valence-corrected chi connectivity index (χ2v) is 2.95. The molecule has 74 valence electrons. The van der Waals surface area contributed by atoms with Crippen molar-refractivity contribution < 1.29 is 19.7 Å². The van der Waals surface area contributed by atoms with E-state index in [1.165, 1.54) is 0 Å². The molecule has 0 aromatic carbocycles. The summed E-state index contributed by atoms with van der Waals surface area (Å²) in [5.74, 6) is -0.402. The van der Waals surface area contributed by atoms with Gasteiger partial charge in [0.05, 0.1) is 5.76 Å². The maximum Gasteiger partial charge on any atom is 0.219 e. The fourth-order valence-electron chi connectivity index (χ4n) is 1.38. The van der Waals surface area contributed by atoms with Crippen LogP contribution in [-0.4, -0.2) is 28.9 Å². The fraction of sp³-hybridized carbons (Fsp3) is 0.667. The molecule has 4 nitrogen and oxygen atoms in total. The van der Waals surface area contributed by atoms with E-state index < -0.39 is 12.1 Å². The Kier molecular flexibility index (Phi) is 3.45. The Morgan fingerprint density at radius 1 is 1.62 bits per heavy atom. The third-order valence-corrected chi connectivity index (χ3v) is 2.03. The zero-order valence-corrected chi connectivity index (χ0v) is 7.62. The maximum atomic E-state index is 11.4. The van der Waals surface area contributed by atoms with Crippen molar-refractivity contribution in [3.63, 3.8) is 0 Å². The number of carbonyl (C=O) groups is 1. The van der Waals surface area contributed by atoms with Crippen molar-refractivity contribution in [1.29, 1.82) is 0 Å². The third kappa shape index (κ3) is 2.29. The molecule has 0 aliphatic heterocycles. The molecule has 0 spiro atoms. The molecule has 0 bridgehead atoms. The Labute approximate surface area is 76.8 Å². The van der Waals surface area contributed by atoms with Crippen LogP contribution >= 0.6 is 0 Å². The molecule has 0 amide bonds. The molecule has 1 unspecified atom stereocenters. The van der Waals surface area contributed by atoms with Crippen LogP contribution in [-0.2, 0) is 9.53 Å². The first-order valence-corrected chi connectivity index (χ1v) is 4.41. The maximum absolute atomic E-state index is 11.4. The molecular weight excluding hydrogens is 172 g/mol. The zero-order chi connectivity index (χ0) is 9.84. The van der Waals surface area contributed by atoms with E-state index in [0.717, 1.165) is 6.42 Å². The molecule has 1 rings (SSSR count). The lowest BCUT2D eigenvalue weighted by molar-refractivity contribution is -0.150. The number of allylic oxidation sites excluding steroid dienone is 1. The van der Waals surface area contributed by atoms with Crippen molar-refractivity contribution in [2.24, 2.45) is 0 Å². The van der Waals surface area contributed by atoms with Crippen LogP contribution in [0.5, 0.6) is 0 Å². The van der Waals surface area contributed by atoms with Gasteiger partial charge in [0.1, 0.15) is 0 Å². The highest BCUT2D eigenvalue weighted by Gasteiger charge is 2.26. The topological polar surface area (TPSA) is 66.8 Å². The van der Waals surface area contributed by atoms with Gasteiger partial charge in [0.15, 0.2) is 0 Å². The van der Waals surface area contributed by atoms with Crippen LogP contribution in [0.1, 0.15) is 26.2 Å². The Hall–Kier alpha value is -0.870. The monoisotopic (exact) mass is 186 g/mol. The molecule has 0 fully saturated rings. The first kappa shape index (κ1) is 10.2. The normalized spacial score (nSPS) is 19.2. The van der Waals surface area contributed by atoms with E-state index >= 15 is 0 Å². The second-order valence-electron chi connectivity index (χ2n) is 2.95. The van der Waals surface area contributed by atoms with Gasteiger partial charge >= 0.3 is 0 Å². The van der Waals surface area contributed by atoms with Crippen molar-refractivity contribution in [3.8, 4) is 0 Å². The van der Waals surface area contributed by atoms with Crippen molar-refractivity contribution in [2.75, 3.05) is 6.61 Å². The van der Waals surface area contributed by atoms with Crippen LogP contribution in [0.25, 0.3) is 0 Å². The lowest BCUT2D eigenvalue weighted by Crippen LogP contribution is -2.25. The van der Waals surface area contributed by atoms with E-state index in [0.29, 0.717) is 18.4 Å². The van der Waals surface area contributed by atoms with E-state index in [1.54, 1.807) is 6.92 Å². The van der Waals surface area contributed by atoms with Crippen molar-refractivity contribution in [3.05, 3.63) is 11.3 Å². The fourth-order valence-corrected chi connectivity index (χ4v) is 1.38. The number of hydrogen-bond donors (Lipinski definition) is 2. The molecule has 0 saturated heterocycles. The number of rotatable bonds is 4. The van der Waals surface area contributed by atoms with Gasteiger partial charge < -0.3 is 14.9 Å². The lowest BCUT2D eigenvalue weighted by atomic mass is 10.1. The van der Waals surface area contributed by atoms with Crippen LogP contribution in [0.2, 0.25) is 0 Å². The quantitative estimate of drug-likeness (QED) is 0.640. The van der Waals surface area contributed by atoms with Gasteiger partial charge in [-0.2, -0.15) is 0 Å². The summed E-state index contributed by atoms with van der Waals surface area (Å²) in [7, 11) is 0. The predicted octanol–water partition coefficient (Wildman–Crippen LogP) is 0.906. The van der Waals surface area contributed by atoms with Gasteiger partial charge in [0.2, 0.25) is 12.1 Å². The Morgan fingerprint density at radius 2 is 2.31 bits per heavy atom. The summed E-state index contributed by atoms with van der Waals surface area (Å²) in [5.41, 5.74) is 0.320. The molecule has 13 heavy (non-hydrogen) atoms. The Bertz CT molecular complexity index is 232. The summed E-state index contributed by atoms with van der Waals surface area (Å²) in [6.45, 7) is 1.97. The summed E-state index contributed by atoms with van der Waals surface area (Å²) in [6, 6.07) is 0. The number of ketones is 1. The number of hydrogen-bond acceptors (Lipinski definition) is 4. The molecule has 4 heteroatoms. The van der Waals surface area contributed by atoms with E-state index in [1.807, 2.05) is 0 Å². The highest BCUT2D eigenvalue weighted by molar-refractivity contribution is 5.98. The SMILES string of the molecule is CCOC(O)C(=O)C1=C(O)CCC1. The lowest BCUT2D eigenvalue weighted by Gasteiger charge is -2.09. The second kappa shape index (κ2) is 4.39. The van der Waals surface area contributed by atoms with Gasteiger partial charge in [-0.05, 0) is 19.8 Å². The number of Topliss-reactive ketones (excluding diaryl/α,β-unsaturated/α-hetero) is 1. The summed E-state index contributed by atoms with van der Waals surface area (Å²) in [4.78, 5) is 11.4. The molecule has 1 atom stereocenters. The summed E-state index contributed by atoms with van der Waals surface area (Å²) >= 11 is 0. The average Bonchev–Trinajstić information content (AvgIpc) is 2.50. The Balaban J connectivity index is 2.61. The van der Waals surface area contributed by atoms with Crippen LogP contribution in [0.15, 0.2) is 11.3 Å². The van der Waals surface area contributed by atoms with Gasteiger partial charge in [-0.1, -0.05) is 0 Å². The van der Waals surface area contributed by atoms with Crippen molar-refractivity contribution in [1.82, 2.24) is 0 Å². The number of ether oxygens (including phenoxy) is 1. The molecular formula is C9H14O4. The van der Waals surface area contributed by atoms with E-state index in [-0.39, 0.29) is 12.4 Å². The molecule has 1 aliphatic rings.